The Morgan fingerprint density at radius 1 is 0.947 bits per heavy atom. The van der Waals surface area contributed by atoms with Crippen molar-refractivity contribution in [3.05, 3.63) is 23.8 Å². The molecule has 0 amide bonds. The zero-order chi connectivity index (χ0) is 13.7. The number of hydrogen-bond acceptors (Lipinski definition) is 3. The molecule has 1 aliphatic rings. The molecule has 3 heteroatoms. The number of methoxy groups -OCH3 is 2. The van der Waals surface area contributed by atoms with Crippen molar-refractivity contribution >= 4 is 0 Å². The number of ether oxygens (including phenoxy) is 2. The van der Waals surface area contributed by atoms with Gasteiger partial charge in [-0.05, 0) is 36.5 Å². The van der Waals surface area contributed by atoms with Crippen LogP contribution in [0.25, 0.3) is 0 Å². The van der Waals surface area contributed by atoms with E-state index in [4.69, 9.17) is 9.47 Å². The second-order valence-electron chi connectivity index (χ2n) is 5.34. The standard InChI is InChI=1S/C16H24O3/c1-18-14-9-13(10-15(11-14)19-2)16(17)12-7-5-3-4-6-8-12/h9-12,16-17H,3-8H2,1-2H3. The third kappa shape index (κ3) is 3.63. The summed E-state index contributed by atoms with van der Waals surface area (Å²) in [5, 5.41) is 10.6. The van der Waals surface area contributed by atoms with Gasteiger partial charge in [0.15, 0.2) is 0 Å². The molecule has 1 N–H and O–H groups in total. The summed E-state index contributed by atoms with van der Waals surface area (Å²) in [4.78, 5) is 0. The van der Waals surface area contributed by atoms with Gasteiger partial charge >= 0.3 is 0 Å². The third-order valence-corrected chi connectivity index (χ3v) is 4.06. The molecule has 1 aromatic carbocycles. The van der Waals surface area contributed by atoms with Crippen LogP contribution in [0.15, 0.2) is 18.2 Å². The Morgan fingerprint density at radius 3 is 1.95 bits per heavy atom. The van der Waals surface area contributed by atoms with E-state index in [-0.39, 0.29) is 0 Å². The van der Waals surface area contributed by atoms with E-state index in [1.165, 1.54) is 25.7 Å². The Kier molecular flexibility index (Phi) is 5.08. The fraction of sp³-hybridized carbons (Fsp3) is 0.625. The first kappa shape index (κ1) is 14.2. The minimum atomic E-state index is -0.415. The van der Waals surface area contributed by atoms with Gasteiger partial charge in [-0.1, -0.05) is 25.7 Å². The normalized spacial score (nSPS) is 18.7. The Hall–Kier alpha value is -1.22. The molecule has 0 bridgehead atoms. The Balaban J connectivity index is 2.18. The second-order valence-corrected chi connectivity index (χ2v) is 5.34. The molecule has 2 rings (SSSR count). The number of hydrogen-bond donors (Lipinski definition) is 1. The lowest BCUT2D eigenvalue weighted by Crippen LogP contribution is -2.12. The van der Waals surface area contributed by atoms with E-state index < -0.39 is 6.10 Å². The number of aliphatic hydroxyl groups is 1. The average Bonchev–Trinajstić information content (AvgIpc) is 2.74. The second kappa shape index (κ2) is 6.80. The summed E-state index contributed by atoms with van der Waals surface area (Å²) in [6.07, 6.45) is 6.85. The smallest absolute Gasteiger partial charge is 0.122 e. The molecule has 1 fully saturated rings. The van der Waals surface area contributed by atoms with Gasteiger partial charge in [0.05, 0.1) is 20.3 Å². The molecule has 0 aromatic heterocycles. The van der Waals surface area contributed by atoms with Crippen LogP contribution in [0.2, 0.25) is 0 Å². The summed E-state index contributed by atoms with van der Waals surface area (Å²) in [7, 11) is 3.27. The summed E-state index contributed by atoms with van der Waals surface area (Å²) in [5.74, 6) is 1.84. The lowest BCUT2D eigenvalue weighted by Gasteiger charge is -2.22. The molecular weight excluding hydrogens is 240 g/mol. The van der Waals surface area contributed by atoms with Crippen molar-refractivity contribution in [2.45, 2.75) is 44.6 Å². The Morgan fingerprint density at radius 2 is 1.47 bits per heavy atom. The van der Waals surface area contributed by atoms with Crippen LogP contribution >= 0.6 is 0 Å². The quantitative estimate of drug-likeness (QED) is 0.843. The maximum absolute atomic E-state index is 10.6. The summed E-state index contributed by atoms with van der Waals surface area (Å²) in [6, 6.07) is 5.67. The van der Waals surface area contributed by atoms with E-state index in [9.17, 15) is 5.11 Å². The minimum absolute atomic E-state index is 0.360. The van der Waals surface area contributed by atoms with Crippen molar-refractivity contribution in [1.82, 2.24) is 0 Å². The highest BCUT2D eigenvalue weighted by Crippen LogP contribution is 2.36. The van der Waals surface area contributed by atoms with E-state index in [0.717, 1.165) is 29.9 Å². The molecule has 3 nitrogen and oxygen atoms in total. The average molecular weight is 264 g/mol. The molecule has 0 saturated heterocycles. The van der Waals surface area contributed by atoms with E-state index in [2.05, 4.69) is 0 Å². The molecule has 0 heterocycles. The molecule has 0 spiro atoms. The maximum Gasteiger partial charge on any atom is 0.122 e. The predicted octanol–water partition coefficient (Wildman–Crippen LogP) is 3.71. The predicted molar refractivity (Wildman–Crippen MR) is 75.7 cm³/mol. The molecule has 1 atom stereocenters. The van der Waals surface area contributed by atoms with Crippen LogP contribution in [0.1, 0.15) is 50.2 Å². The van der Waals surface area contributed by atoms with Gasteiger partial charge in [-0.3, -0.25) is 0 Å². The van der Waals surface area contributed by atoms with Crippen LogP contribution in [0.5, 0.6) is 11.5 Å². The highest BCUT2D eigenvalue weighted by Gasteiger charge is 2.23. The van der Waals surface area contributed by atoms with Crippen molar-refractivity contribution in [3.8, 4) is 11.5 Å². The first-order valence-electron chi connectivity index (χ1n) is 7.15. The fourth-order valence-corrected chi connectivity index (χ4v) is 2.90. The van der Waals surface area contributed by atoms with Crippen LogP contribution in [-0.4, -0.2) is 19.3 Å². The van der Waals surface area contributed by atoms with Gasteiger partial charge in [0.25, 0.3) is 0 Å². The van der Waals surface area contributed by atoms with Crippen LogP contribution < -0.4 is 9.47 Å². The van der Waals surface area contributed by atoms with Crippen LogP contribution in [0, 0.1) is 5.92 Å². The third-order valence-electron chi connectivity index (χ3n) is 4.06. The molecule has 19 heavy (non-hydrogen) atoms. The Bertz CT molecular complexity index is 373. The summed E-state index contributed by atoms with van der Waals surface area (Å²) in [5.41, 5.74) is 0.906. The SMILES string of the molecule is COc1cc(OC)cc(C(O)C2CCCCCC2)c1. The maximum atomic E-state index is 10.6. The lowest BCUT2D eigenvalue weighted by atomic mass is 9.89. The number of aliphatic hydroxyl groups excluding tert-OH is 1. The van der Waals surface area contributed by atoms with Crippen molar-refractivity contribution in [3.63, 3.8) is 0 Å². The number of benzene rings is 1. The largest absolute Gasteiger partial charge is 0.497 e. The summed E-state index contributed by atoms with van der Waals surface area (Å²) >= 11 is 0. The van der Waals surface area contributed by atoms with E-state index in [1.807, 2.05) is 18.2 Å². The van der Waals surface area contributed by atoms with Gasteiger partial charge in [0.1, 0.15) is 11.5 Å². The van der Waals surface area contributed by atoms with E-state index >= 15 is 0 Å². The van der Waals surface area contributed by atoms with Gasteiger partial charge < -0.3 is 14.6 Å². The van der Waals surface area contributed by atoms with Crippen molar-refractivity contribution < 1.29 is 14.6 Å². The van der Waals surface area contributed by atoms with E-state index in [1.54, 1.807) is 14.2 Å². The van der Waals surface area contributed by atoms with Crippen molar-refractivity contribution in [2.24, 2.45) is 5.92 Å². The fourth-order valence-electron chi connectivity index (χ4n) is 2.90. The van der Waals surface area contributed by atoms with Crippen molar-refractivity contribution in [2.75, 3.05) is 14.2 Å². The van der Waals surface area contributed by atoms with Crippen LogP contribution in [-0.2, 0) is 0 Å². The molecule has 1 aromatic rings. The van der Waals surface area contributed by atoms with Gasteiger partial charge in [-0.2, -0.15) is 0 Å². The van der Waals surface area contributed by atoms with Gasteiger partial charge in [0.2, 0.25) is 0 Å². The van der Waals surface area contributed by atoms with Gasteiger partial charge in [-0.25, -0.2) is 0 Å². The highest BCUT2D eigenvalue weighted by molar-refractivity contribution is 5.39. The molecule has 1 unspecified atom stereocenters. The summed E-state index contributed by atoms with van der Waals surface area (Å²) < 4.78 is 10.5. The minimum Gasteiger partial charge on any atom is -0.497 e. The zero-order valence-electron chi connectivity index (χ0n) is 11.9. The van der Waals surface area contributed by atoms with Crippen molar-refractivity contribution in [1.29, 1.82) is 0 Å². The monoisotopic (exact) mass is 264 g/mol. The first-order valence-corrected chi connectivity index (χ1v) is 7.15. The van der Waals surface area contributed by atoms with Gasteiger partial charge in [0, 0.05) is 6.07 Å². The number of rotatable bonds is 4. The molecular formula is C16H24O3. The lowest BCUT2D eigenvalue weighted by molar-refractivity contribution is 0.0983. The highest BCUT2D eigenvalue weighted by atomic mass is 16.5. The van der Waals surface area contributed by atoms with Gasteiger partial charge in [-0.15, -0.1) is 0 Å². The van der Waals surface area contributed by atoms with Crippen LogP contribution in [0.4, 0.5) is 0 Å². The Labute approximate surface area is 115 Å². The zero-order valence-corrected chi connectivity index (χ0v) is 11.9. The molecule has 0 radical (unpaired) electrons. The molecule has 106 valence electrons. The molecule has 1 saturated carbocycles. The van der Waals surface area contributed by atoms with E-state index in [0.29, 0.717) is 5.92 Å². The topological polar surface area (TPSA) is 38.7 Å². The molecule has 1 aliphatic carbocycles. The summed E-state index contributed by atoms with van der Waals surface area (Å²) in [6.45, 7) is 0. The van der Waals surface area contributed by atoms with Crippen LogP contribution in [0.3, 0.4) is 0 Å². The first-order chi connectivity index (χ1) is 9.24. The molecule has 0 aliphatic heterocycles.